The first kappa shape index (κ1) is 14.5. The number of likely N-dealkylation sites (tertiary alicyclic amines) is 1. The topological polar surface area (TPSA) is 74.8 Å². The second-order valence-corrected chi connectivity index (χ2v) is 5.05. The summed E-state index contributed by atoms with van der Waals surface area (Å²) in [5, 5.41) is 2.71. The summed E-state index contributed by atoms with van der Waals surface area (Å²) in [7, 11) is 0. The van der Waals surface area contributed by atoms with Crippen LogP contribution in [-0.2, 0) is 0 Å². The minimum absolute atomic E-state index is 0.0286. The number of aromatic nitrogens is 1. The maximum Gasteiger partial charge on any atom is 0.388 e. The molecule has 2 aliphatic rings. The van der Waals surface area contributed by atoms with E-state index in [4.69, 9.17) is 0 Å². The van der Waals surface area contributed by atoms with Crippen LogP contribution in [0, 0.1) is 0 Å². The Labute approximate surface area is 124 Å². The molecule has 0 spiro atoms. The Balaban J connectivity index is 1.55. The third-order valence-electron chi connectivity index (χ3n) is 3.67. The number of ether oxygens (including phenoxy) is 1. The highest BCUT2D eigenvalue weighted by Crippen LogP contribution is 2.20. The number of nitrogens with one attached hydrogen (secondary N) is 1. The van der Waals surface area contributed by atoms with Crippen LogP contribution in [0.5, 0.6) is 5.88 Å². The summed E-state index contributed by atoms with van der Waals surface area (Å²) in [5.74, 6) is -0.478. The number of nitrogens with zero attached hydrogens (tertiary/aromatic N) is 3. The summed E-state index contributed by atoms with van der Waals surface area (Å²) in [5.41, 5.74) is 0.297. The van der Waals surface area contributed by atoms with Gasteiger partial charge in [0.1, 0.15) is 0 Å². The van der Waals surface area contributed by atoms with Crippen molar-refractivity contribution < 1.29 is 23.1 Å². The van der Waals surface area contributed by atoms with Crippen molar-refractivity contribution in [2.24, 2.45) is 0 Å². The predicted molar refractivity (Wildman–Crippen MR) is 70.7 cm³/mol. The summed E-state index contributed by atoms with van der Waals surface area (Å²) in [6.07, 6.45) is 1.20. The van der Waals surface area contributed by atoms with Crippen molar-refractivity contribution in [2.45, 2.75) is 12.7 Å². The van der Waals surface area contributed by atoms with Gasteiger partial charge in [0.25, 0.3) is 5.91 Å². The number of rotatable bonds is 4. The molecule has 9 heteroatoms. The number of carbonyl (C=O) groups excluding carboxylic acids is 2. The Morgan fingerprint density at radius 3 is 2.73 bits per heavy atom. The fraction of sp³-hybridized carbons (Fsp3) is 0.462. The average Bonchev–Trinajstić information content (AvgIpc) is 2.83. The maximum absolute atomic E-state index is 12.2. The van der Waals surface area contributed by atoms with Crippen molar-refractivity contribution in [2.75, 3.05) is 26.2 Å². The van der Waals surface area contributed by atoms with E-state index in [0.717, 1.165) is 0 Å². The van der Waals surface area contributed by atoms with E-state index in [0.29, 0.717) is 31.7 Å². The molecular weight excluding hydrogens is 298 g/mol. The van der Waals surface area contributed by atoms with Gasteiger partial charge < -0.3 is 19.9 Å². The third-order valence-corrected chi connectivity index (χ3v) is 3.67. The van der Waals surface area contributed by atoms with Crippen molar-refractivity contribution >= 4 is 11.9 Å². The smallest absolute Gasteiger partial charge is 0.388 e. The van der Waals surface area contributed by atoms with Gasteiger partial charge in [-0.3, -0.25) is 4.79 Å². The first-order valence-corrected chi connectivity index (χ1v) is 6.79. The molecule has 0 bridgehead atoms. The van der Waals surface area contributed by atoms with E-state index in [1.165, 1.54) is 18.3 Å². The number of halogens is 2. The van der Waals surface area contributed by atoms with E-state index >= 15 is 0 Å². The number of amides is 3. The van der Waals surface area contributed by atoms with E-state index in [1.54, 1.807) is 9.80 Å². The fourth-order valence-corrected chi connectivity index (χ4v) is 2.50. The number of hydrogen-bond acceptors (Lipinski definition) is 4. The van der Waals surface area contributed by atoms with Crippen LogP contribution in [0.3, 0.4) is 0 Å². The number of hydrogen-bond donors (Lipinski definition) is 1. The molecule has 3 heterocycles. The lowest BCUT2D eigenvalue weighted by atomic mass is 10.1. The van der Waals surface area contributed by atoms with Gasteiger partial charge in [-0.15, -0.1) is 0 Å². The van der Waals surface area contributed by atoms with Crippen LogP contribution in [0.4, 0.5) is 13.6 Å². The molecule has 0 atom stereocenters. The summed E-state index contributed by atoms with van der Waals surface area (Å²) < 4.78 is 28.2. The van der Waals surface area contributed by atoms with Crippen LogP contribution in [0.15, 0.2) is 18.3 Å². The minimum atomic E-state index is -2.95. The molecular formula is C13H14F2N4O3. The van der Waals surface area contributed by atoms with Crippen molar-refractivity contribution in [3.8, 4) is 5.88 Å². The van der Waals surface area contributed by atoms with Gasteiger partial charge in [-0.2, -0.15) is 8.78 Å². The monoisotopic (exact) mass is 312 g/mol. The van der Waals surface area contributed by atoms with E-state index < -0.39 is 6.61 Å². The molecule has 0 saturated carbocycles. The minimum Gasteiger partial charge on any atom is -0.417 e. The summed E-state index contributed by atoms with van der Waals surface area (Å²) >= 11 is 0. The molecule has 2 fully saturated rings. The molecule has 7 nitrogen and oxygen atoms in total. The van der Waals surface area contributed by atoms with Crippen LogP contribution in [0.2, 0.25) is 0 Å². The Morgan fingerprint density at radius 2 is 2.18 bits per heavy atom. The van der Waals surface area contributed by atoms with Crippen LogP contribution >= 0.6 is 0 Å². The van der Waals surface area contributed by atoms with Gasteiger partial charge in [0.2, 0.25) is 5.88 Å². The molecule has 3 rings (SSSR count). The largest absolute Gasteiger partial charge is 0.417 e. The molecule has 0 aliphatic carbocycles. The molecule has 2 saturated heterocycles. The van der Waals surface area contributed by atoms with Crippen molar-refractivity contribution in [1.29, 1.82) is 0 Å². The van der Waals surface area contributed by atoms with Gasteiger partial charge in [0.05, 0.1) is 11.6 Å². The van der Waals surface area contributed by atoms with Gasteiger partial charge in [0, 0.05) is 38.4 Å². The maximum atomic E-state index is 12.2. The highest BCUT2D eigenvalue weighted by molar-refractivity contribution is 5.94. The SMILES string of the molecule is O=C(c1ccc(OC(F)F)nc1)N1CC(N2CCNC2=O)C1. The number of urea groups is 1. The highest BCUT2D eigenvalue weighted by atomic mass is 19.3. The van der Waals surface area contributed by atoms with Gasteiger partial charge >= 0.3 is 12.6 Å². The molecule has 1 aromatic rings. The third kappa shape index (κ3) is 2.78. The Hall–Kier alpha value is -2.45. The second kappa shape index (κ2) is 5.74. The number of alkyl halides is 2. The Bertz CT molecular complexity index is 575. The van der Waals surface area contributed by atoms with Crippen LogP contribution < -0.4 is 10.1 Å². The van der Waals surface area contributed by atoms with Crippen molar-refractivity contribution in [3.05, 3.63) is 23.9 Å². The molecule has 0 unspecified atom stereocenters. The van der Waals surface area contributed by atoms with Gasteiger partial charge in [-0.25, -0.2) is 9.78 Å². The zero-order valence-electron chi connectivity index (χ0n) is 11.5. The molecule has 2 aliphatic heterocycles. The average molecular weight is 312 g/mol. The molecule has 0 radical (unpaired) electrons. The van der Waals surface area contributed by atoms with Crippen LogP contribution in [0.25, 0.3) is 0 Å². The van der Waals surface area contributed by atoms with Gasteiger partial charge in [-0.1, -0.05) is 0 Å². The quantitative estimate of drug-likeness (QED) is 0.880. The predicted octanol–water partition coefficient (Wildman–Crippen LogP) is 0.533. The molecule has 3 amide bonds. The van der Waals surface area contributed by atoms with Crippen LogP contribution in [0.1, 0.15) is 10.4 Å². The zero-order valence-corrected chi connectivity index (χ0v) is 11.5. The lowest BCUT2D eigenvalue weighted by Gasteiger charge is -2.43. The Morgan fingerprint density at radius 1 is 1.41 bits per heavy atom. The standard InChI is InChI=1S/C13H14F2N4O3/c14-12(15)22-10-2-1-8(5-17-10)11(20)18-6-9(7-18)19-4-3-16-13(19)21/h1-2,5,9,12H,3-4,6-7H2,(H,16,21). The summed E-state index contributed by atoms with van der Waals surface area (Å²) in [4.78, 5) is 30.6. The molecule has 1 N–H and O–H groups in total. The number of carbonyl (C=O) groups is 2. The molecule has 1 aromatic heterocycles. The first-order valence-electron chi connectivity index (χ1n) is 6.79. The number of pyridine rings is 1. The van der Waals surface area contributed by atoms with Gasteiger partial charge in [-0.05, 0) is 6.07 Å². The Kier molecular flexibility index (Phi) is 3.78. The highest BCUT2D eigenvalue weighted by Gasteiger charge is 2.39. The normalized spacial score (nSPS) is 18.4. The van der Waals surface area contributed by atoms with Crippen molar-refractivity contribution in [3.63, 3.8) is 0 Å². The van der Waals surface area contributed by atoms with E-state index in [9.17, 15) is 18.4 Å². The van der Waals surface area contributed by atoms with E-state index in [2.05, 4.69) is 15.0 Å². The molecule has 118 valence electrons. The summed E-state index contributed by atoms with van der Waals surface area (Å²) in [6, 6.07) is 2.54. The van der Waals surface area contributed by atoms with Gasteiger partial charge in [0.15, 0.2) is 0 Å². The van der Waals surface area contributed by atoms with Crippen molar-refractivity contribution in [1.82, 2.24) is 20.1 Å². The fourth-order valence-electron chi connectivity index (χ4n) is 2.50. The first-order chi connectivity index (χ1) is 10.5. The van der Waals surface area contributed by atoms with E-state index in [-0.39, 0.29) is 23.9 Å². The van der Waals surface area contributed by atoms with Crippen LogP contribution in [-0.4, -0.2) is 65.6 Å². The second-order valence-electron chi connectivity index (χ2n) is 5.05. The molecule has 22 heavy (non-hydrogen) atoms. The zero-order chi connectivity index (χ0) is 15.7. The lowest BCUT2D eigenvalue weighted by molar-refractivity contribution is -0.0528. The molecule has 0 aromatic carbocycles. The lowest BCUT2D eigenvalue weighted by Crippen LogP contribution is -2.61. The van der Waals surface area contributed by atoms with E-state index in [1.807, 2.05) is 0 Å². The summed E-state index contributed by atoms with van der Waals surface area (Å²) in [6.45, 7) is -0.758.